The first-order valence-electron chi connectivity index (χ1n) is 10.4. The monoisotopic (exact) mass is 498 g/mol. The van der Waals surface area contributed by atoms with Crippen molar-refractivity contribution < 1.29 is 32.6 Å². The molecule has 12 heteroatoms. The zero-order chi connectivity index (χ0) is 25.3. The minimum atomic E-state index is -4.26. The SMILES string of the molecule is Cc1cc(C(=O)NNS(=O)(=O)c2ccc3c(c2)N(CC(=O)O)C(=O)CO3)c(C)n1-c1ccccc1. The Kier molecular flexibility index (Phi) is 6.33. The summed E-state index contributed by atoms with van der Waals surface area (Å²) in [5.41, 5.74) is 4.77. The highest BCUT2D eigenvalue weighted by atomic mass is 32.2. The molecule has 0 spiro atoms. The molecule has 182 valence electrons. The first-order chi connectivity index (χ1) is 16.6. The van der Waals surface area contributed by atoms with Gasteiger partial charge in [-0.05, 0) is 50.2 Å². The summed E-state index contributed by atoms with van der Waals surface area (Å²) < 4.78 is 32.8. The van der Waals surface area contributed by atoms with E-state index in [1.807, 2.05) is 46.7 Å². The number of carbonyl (C=O) groups is 3. The van der Waals surface area contributed by atoms with Crippen LogP contribution in [0.5, 0.6) is 5.75 Å². The van der Waals surface area contributed by atoms with E-state index >= 15 is 0 Å². The minimum absolute atomic E-state index is 0.00394. The van der Waals surface area contributed by atoms with Crippen LogP contribution in [0.2, 0.25) is 0 Å². The molecule has 0 fully saturated rings. The van der Waals surface area contributed by atoms with Gasteiger partial charge in [-0.2, -0.15) is 0 Å². The van der Waals surface area contributed by atoms with Crippen molar-refractivity contribution in [1.29, 1.82) is 0 Å². The Bertz CT molecular complexity index is 1430. The molecule has 1 aliphatic heterocycles. The summed E-state index contributed by atoms with van der Waals surface area (Å²) in [7, 11) is -4.26. The van der Waals surface area contributed by atoms with E-state index in [1.165, 1.54) is 12.1 Å². The van der Waals surface area contributed by atoms with Crippen LogP contribution in [0.4, 0.5) is 5.69 Å². The molecule has 0 aliphatic carbocycles. The fraction of sp³-hybridized carbons (Fsp3) is 0.174. The number of anilines is 1. The number of hydrazine groups is 1. The van der Waals surface area contributed by atoms with Crippen LogP contribution in [0.1, 0.15) is 21.7 Å². The molecule has 3 aromatic rings. The lowest BCUT2D eigenvalue weighted by atomic mass is 10.2. The quantitative estimate of drug-likeness (QED) is 0.419. The summed E-state index contributed by atoms with van der Waals surface area (Å²) in [5, 5.41) is 9.09. The van der Waals surface area contributed by atoms with Crippen LogP contribution in [0.3, 0.4) is 0 Å². The molecule has 0 unspecified atom stereocenters. The number of para-hydroxylation sites is 1. The Balaban J connectivity index is 1.55. The first-order valence-corrected chi connectivity index (χ1v) is 11.9. The van der Waals surface area contributed by atoms with Crippen LogP contribution < -0.4 is 19.9 Å². The van der Waals surface area contributed by atoms with Crippen LogP contribution in [0.15, 0.2) is 59.5 Å². The van der Waals surface area contributed by atoms with Gasteiger partial charge in [0.2, 0.25) is 0 Å². The average Bonchev–Trinajstić information content (AvgIpc) is 3.13. The summed E-state index contributed by atoms with van der Waals surface area (Å²) in [4.78, 5) is 38.7. The van der Waals surface area contributed by atoms with E-state index in [9.17, 15) is 22.8 Å². The molecule has 0 saturated heterocycles. The van der Waals surface area contributed by atoms with E-state index in [0.717, 1.165) is 22.3 Å². The van der Waals surface area contributed by atoms with Crippen LogP contribution in [-0.4, -0.2) is 49.0 Å². The summed E-state index contributed by atoms with van der Waals surface area (Å²) >= 11 is 0. The smallest absolute Gasteiger partial charge is 0.323 e. The third-order valence-corrected chi connectivity index (χ3v) is 6.71. The minimum Gasteiger partial charge on any atom is -0.482 e. The molecule has 4 rings (SSSR count). The van der Waals surface area contributed by atoms with Crippen LogP contribution in [0.25, 0.3) is 5.69 Å². The maximum Gasteiger partial charge on any atom is 0.323 e. The Hall–Kier alpha value is -4.16. The van der Waals surface area contributed by atoms with Crippen molar-refractivity contribution in [3.8, 4) is 11.4 Å². The summed E-state index contributed by atoms with van der Waals surface area (Å²) in [6, 6.07) is 14.7. The normalized spacial score (nSPS) is 13.2. The highest BCUT2D eigenvalue weighted by molar-refractivity contribution is 7.89. The lowest BCUT2D eigenvalue weighted by molar-refractivity contribution is -0.137. The Morgan fingerprint density at radius 2 is 1.80 bits per heavy atom. The predicted molar refractivity (Wildman–Crippen MR) is 125 cm³/mol. The number of carboxylic acids is 1. The molecular formula is C23H22N4O7S. The number of carboxylic acid groups (broad SMARTS) is 1. The number of ether oxygens (including phenoxy) is 1. The molecule has 11 nitrogen and oxygen atoms in total. The Morgan fingerprint density at radius 3 is 2.49 bits per heavy atom. The van der Waals surface area contributed by atoms with E-state index in [-0.39, 0.29) is 28.5 Å². The van der Waals surface area contributed by atoms with Crippen molar-refractivity contribution in [2.75, 3.05) is 18.1 Å². The largest absolute Gasteiger partial charge is 0.482 e. The maximum atomic E-state index is 12.9. The van der Waals surface area contributed by atoms with Crippen LogP contribution >= 0.6 is 0 Å². The molecular weight excluding hydrogens is 476 g/mol. The van der Waals surface area contributed by atoms with Gasteiger partial charge in [-0.25, -0.2) is 8.42 Å². The van der Waals surface area contributed by atoms with Gasteiger partial charge in [-0.1, -0.05) is 18.2 Å². The third-order valence-electron chi connectivity index (χ3n) is 5.47. The number of aromatic nitrogens is 1. The van der Waals surface area contributed by atoms with Crippen molar-refractivity contribution >= 4 is 33.5 Å². The maximum absolute atomic E-state index is 12.9. The van der Waals surface area contributed by atoms with E-state index in [0.29, 0.717) is 5.69 Å². The number of rotatable bonds is 7. The molecule has 1 aromatic heterocycles. The third kappa shape index (κ3) is 4.74. The molecule has 0 atom stereocenters. The lowest BCUT2D eigenvalue weighted by Gasteiger charge is -2.28. The highest BCUT2D eigenvalue weighted by Gasteiger charge is 2.29. The number of hydrogen-bond acceptors (Lipinski definition) is 6. The van der Waals surface area contributed by atoms with Gasteiger partial charge in [0.15, 0.2) is 6.61 Å². The lowest BCUT2D eigenvalue weighted by Crippen LogP contribution is -2.43. The topological polar surface area (TPSA) is 147 Å². The van der Waals surface area contributed by atoms with E-state index < -0.39 is 34.4 Å². The molecule has 3 N–H and O–H groups in total. The van der Waals surface area contributed by atoms with Crippen LogP contribution in [-0.2, 0) is 19.6 Å². The number of aryl methyl sites for hydroxylation is 1. The van der Waals surface area contributed by atoms with Gasteiger partial charge in [0, 0.05) is 17.1 Å². The second kappa shape index (κ2) is 9.24. The number of nitrogens with one attached hydrogen (secondary N) is 2. The number of hydrogen-bond donors (Lipinski definition) is 3. The molecule has 35 heavy (non-hydrogen) atoms. The zero-order valence-corrected chi connectivity index (χ0v) is 19.6. The summed E-state index contributed by atoms with van der Waals surface area (Å²) in [6.45, 7) is 2.57. The van der Waals surface area contributed by atoms with Crippen LogP contribution in [0, 0.1) is 13.8 Å². The zero-order valence-electron chi connectivity index (χ0n) is 18.8. The summed E-state index contributed by atoms with van der Waals surface area (Å²) in [6.07, 6.45) is 0. The fourth-order valence-electron chi connectivity index (χ4n) is 3.86. The van der Waals surface area contributed by atoms with Crippen molar-refractivity contribution in [3.05, 3.63) is 71.5 Å². The highest BCUT2D eigenvalue weighted by Crippen LogP contribution is 2.34. The molecule has 0 radical (unpaired) electrons. The number of aliphatic carboxylic acids is 1. The van der Waals surface area contributed by atoms with Gasteiger partial charge in [0.1, 0.15) is 12.3 Å². The second-order valence-corrected chi connectivity index (χ2v) is 9.49. The van der Waals surface area contributed by atoms with E-state index in [4.69, 9.17) is 9.84 Å². The fourth-order valence-corrected chi connectivity index (χ4v) is 4.72. The van der Waals surface area contributed by atoms with E-state index in [1.54, 1.807) is 13.0 Å². The van der Waals surface area contributed by atoms with Crippen molar-refractivity contribution in [2.24, 2.45) is 0 Å². The van der Waals surface area contributed by atoms with Gasteiger partial charge in [0.25, 0.3) is 21.8 Å². The number of fused-ring (bicyclic) bond motifs is 1. The number of amides is 2. The van der Waals surface area contributed by atoms with Crippen molar-refractivity contribution in [3.63, 3.8) is 0 Å². The molecule has 1 aliphatic rings. The Morgan fingerprint density at radius 1 is 1.09 bits per heavy atom. The number of sulfonamides is 1. The molecule has 2 amide bonds. The molecule has 0 saturated carbocycles. The number of nitrogens with zero attached hydrogens (tertiary/aromatic N) is 2. The Labute approximate surface area is 200 Å². The molecule has 2 aromatic carbocycles. The second-order valence-electron chi connectivity index (χ2n) is 7.81. The van der Waals surface area contributed by atoms with Gasteiger partial charge in [-0.15, -0.1) is 4.83 Å². The van der Waals surface area contributed by atoms with Gasteiger partial charge < -0.3 is 14.4 Å². The van der Waals surface area contributed by atoms with Gasteiger partial charge >= 0.3 is 5.97 Å². The average molecular weight is 499 g/mol. The van der Waals surface area contributed by atoms with Crippen molar-refractivity contribution in [1.82, 2.24) is 14.8 Å². The number of benzene rings is 2. The molecule has 2 heterocycles. The predicted octanol–water partition coefficient (Wildman–Crippen LogP) is 1.53. The van der Waals surface area contributed by atoms with E-state index in [2.05, 4.69) is 5.43 Å². The van der Waals surface area contributed by atoms with Crippen molar-refractivity contribution in [2.45, 2.75) is 18.7 Å². The summed E-state index contributed by atoms with van der Waals surface area (Å²) in [5.74, 6) is -2.38. The molecule has 0 bridgehead atoms. The first kappa shape index (κ1) is 24.0. The van der Waals surface area contributed by atoms with Gasteiger partial charge in [-0.3, -0.25) is 24.7 Å². The number of carbonyl (C=O) groups excluding carboxylic acids is 2. The van der Waals surface area contributed by atoms with Gasteiger partial charge in [0.05, 0.1) is 16.1 Å². The standard InChI is InChI=1S/C23H22N4O7S/c1-14-10-18(15(2)27(14)16-6-4-3-5-7-16)23(31)24-25-35(32,33)17-8-9-20-19(11-17)26(12-22(29)30)21(28)13-34-20/h3-11,25H,12-13H2,1-2H3,(H,24,31)(H,29,30).